The molecule has 1 aliphatic carbocycles. The van der Waals surface area contributed by atoms with Crippen molar-refractivity contribution in [1.82, 2.24) is 10.0 Å². The van der Waals surface area contributed by atoms with Crippen LogP contribution in [0.2, 0.25) is 5.02 Å². The molecule has 3 aromatic rings. The van der Waals surface area contributed by atoms with Gasteiger partial charge >= 0.3 is 0 Å². The number of carbonyl (C=O) groups excluding carboxylic acids is 1. The Morgan fingerprint density at radius 3 is 2.58 bits per heavy atom. The Kier molecular flexibility index (Phi) is 6.41. The Labute approximate surface area is 187 Å². The molecule has 3 aromatic carbocycles. The summed E-state index contributed by atoms with van der Waals surface area (Å²) < 4.78 is 28.9. The molecule has 31 heavy (non-hydrogen) atoms. The molecule has 0 saturated heterocycles. The molecule has 1 atom stereocenters. The van der Waals surface area contributed by atoms with Gasteiger partial charge in [0.25, 0.3) is 5.91 Å². The summed E-state index contributed by atoms with van der Waals surface area (Å²) in [6.07, 6.45) is 2.63. The van der Waals surface area contributed by atoms with Crippen LogP contribution in [0.15, 0.2) is 77.7 Å². The van der Waals surface area contributed by atoms with E-state index in [4.69, 9.17) is 11.6 Å². The van der Waals surface area contributed by atoms with E-state index in [1.165, 1.54) is 17.7 Å². The van der Waals surface area contributed by atoms with Crippen LogP contribution >= 0.6 is 11.6 Å². The maximum Gasteiger partial charge on any atom is 0.251 e. The minimum atomic E-state index is -3.78. The SMILES string of the molecule is O=C(NCc1ccc(Cl)cc1)c1cccc(S(=O)(=O)NC2CCCc3ccccc32)c1. The predicted octanol–water partition coefficient (Wildman–Crippen LogP) is 4.63. The van der Waals surface area contributed by atoms with Gasteiger partial charge in [0.15, 0.2) is 0 Å². The van der Waals surface area contributed by atoms with Gasteiger partial charge in [-0.05, 0) is 66.3 Å². The van der Waals surface area contributed by atoms with Crippen LogP contribution in [0.5, 0.6) is 0 Å². The number of benzene rings is 3. The summed E-state index contributed by atoms with van der Waals surface area (Å²) in [6, 6.07) is 20.9. The monoisotopic (exact) mass is 454 g/mol. The number of hydrogen-bond donors (Lipinski definition) is 2. The van der Waals surface area contributed by atoms with E-state index in [1.54, 1.807) is 24.3 Å². The summed E-state index contributed by atoms with van der Waals surface area (Å²) in [5.41, 5.74) is 3.39. The maximum absolute atomic E-state index is 13.0. The molecule has 1 unspecified atom stereocenters. The van der Waals surface area contributed by atoms with Crippen LogP contribution in [0.25, 0.3) is 0 Å². The van der Waals surface area contributed by atoms with Crippen LogP contribution < -0.4 is 10.0 Å². The van der Waals surface area contributed by atoms with E-state index in [9.17, 15) is 13.2 Å². The fourth-order valence-electron chi connectivity index (χ4n) is 3.82. The molecule has 4 rings (SSSR count). The van der Waals surface area contributed by atoms with Crippen LogP contribution in [-0.2, 0) is 23.0 Å². The first-order valence-electron chi connectivity index (χ1n) is 10.2. The number of rotatable bonds is 6. The molecule has 1 aliphatic rings. The minimum absolute atomic E-state index is 0.0784. The fourth-order valence-corrected chi connectivity index (χ4v) is 5.24. The smallest absolute Gasteiger partial charge is 0.251 e. The van der Waals surface area contributed by atoms with Crippen LogP contribution in [0.1, 0.15) is 45.9 Å². The molecular weight excluding hydrogens is 432 g/mol. The summed E-state index contributed by atoms with van der Waals surface area (Å²) in [5, 5.41) is 3.44. The van der Waals surface area contributed by atoms with Gasteiger partial charge in [-0.15, -0.1) is 0 Å². The molecule has 0 bridgehead atoms. The second kappa shape index (κ2) is 9.22. The second-order valence-electron chi connectivity index (χ2n) is 7.60. The summed E-state index contributed by atoms with van der Waals surface area (Å²) in [4.78, 5) is 12.6. The zero-order valence-electron chi connectivity index (χ0n) is 16.8. The summed E-state index contributed by atoms with van der Waals surface area (Å²) >= 11 is 5.88. The first kappa shape index (κ1) is 21.6. The van der Waals surface area contributed by atoms with E-state index in [0.717, 1.165) is 30.4 Å². The topological polar surface area (TPSA) is 75.3 Å². The van der Waals surface area contributed by atoms with Gasteiger partial charge in [-0.3, -0.25) is 4.79 Å². The van der Waals surface area contributed by atoms with Gasteiger partial charge in [-0.25, -0.2) is 13.1 Å². The lowest BCUT2D eigenvalue weighted by molar-refractivity contribution is 0.0950. The number of halogens is 1. The van der Waals surface area contributed by atoms with Crippen molar-refractivity contribution >= 4 is 27.5 Å². The number of fused-ring (bicyclic) bond motifs is 1. The fraction of sp³-hybridized carbons (Fsp3) is 0.208. The molecule has 0 spiro atoms. The zero-order valence-corrected chi connectivity index (χ0v) is 18.4. The van der Waals surface area contributed by atoms with Crippen molar-refractivity contribution in [3.8, 4) is 0 Å². The zero-order chi connectivity index (χ0) is 21.8. The van der Waals surface area contributed by atoms with Crippen molar-refractivity contribution in [2.75, 3.05) is 0 Å². The molecule has 1 amide bonds. The largest absolute Gasteiger partial charge is 0.348 e. The second-order valence-corrected chi connectivity index (χ2v) is 9.75. The molecule has 0 fully saturated rings. The van der Waals surface area contributed by atoms with E-state index in [2.05, 4.69) is 10.0 Å². The molecule has 0 heterocycles. The molecule has 7 heteroatoms. The molecule has 160 valence electrons. The van der Waals surface area contributed by atoms with Gasteiger partial charge in [0.05, 0.1) is 4.90 Å². The Balaban J connectivity index is 1.48. The average molecular weight is 455 g/mol. The summed E-state index contributed by atoms with van der Waals surface area (Å²) in [6.45, 7) is 0.323. The highest BCUT2D eigenvalue weighted by Crippen LogP contribution is 2.30. The third-order valence-electron chi connectivity index (χ3n) is 5.44. The quantitative estimate of drug-likeness (QED) is 0.570. The average Bonchev–Trinajstić information content (AvgIpc) is 2.79. The number of aryl methyl sites for hydroxylation is 1. The van der Waals surface area contributed by atoms with Gasteiger partial charge in [0.1, 0.15) is 0 Å². The number of carbonyl (C=O) groups is 1. The van der Waals surface area contributed by atoms with Crippen molar-refractivity contribution in [3.05, 3.63) is 100 Å². The molecule has 5 nitrogen and oxygen atoms in total. The van der Waals surface area contributed by atoms with Crippen molar-refractivity contribution in [1.29, 1.82) is 0 Å². The predicted molar refractivity (Wildman–Crippen MR) is 122 cm³/mol. The van der Waals surface area contributed by atoms with Crippen molar-refractivity contribution in [2.45, 2.75) is 36.7 Å². The molecular formula is C24H23ClN2O3S. The minimum Gasteiger partial charge on any atom is -0.348 e. The maximum atomic E-state index is 13.0. The van der Waals surface area contributed by atoms with E-state index in [1.807, 2.05) is 36.4 Å². The van der Waals surface area contributed by atoms with Crippen LogP contribution in [-0.4, -0.2) is 14.3 Å². The van der Waals surface area contributed by atoms with E-state index in [-0.39, 0.29) is 16.8 Å². The summed E-state index contributed by atoms with van der Waals surface area (Å²) in [5.74, 6) is -0.338. The number of nitrogens with one attached hydrogen (secondary N) is 2. The van der Waals surface area contributed by atoms with Gasteiger partial charge in [0, 0.05) is 23.2 Å². The first-order chi connectivity index (χ1) is 14.9. The third-order valence-corrected chi connectivity index (χ3v) is 7.16. The number of sulfonamides is 1. The van der Waals surface area contributed by atoms with E-state index < -0.39 is 10.0 Å². The first-order valence-corrected chi connectivity index (χ1v) is 12.0. The van der Waals surface area contributed by atoms with Crippen LogP contribution in [0.4, 0.5) is 0 Å². The van der Waals surface area contributed by atoms with Crippen LogP contribution in [0, 0.1) is 0 Å². The molecule has 0 radical (unpaired) electrons. The highest BCUT2D eigenvalue weighted by molar-refractivity contribution is 7.89. The van der Waals surface area contributed by atoms with Crippen molar-refractivity contribution in [2.24, 2.45) is 0 Å². The molecule has 0 saturated carbocycles. The number of hydrogen-bond acceptors (Lipinski definition) is 3. The lowest BCUT2D eigenvalue weighted by atomic mass is 9.88. The highest BCUT2D eigenvalue weighted by Gasteiger charge is 2.26. The Morgan fingerprint density at radius 1 is 1.00 bits per heavy atom. The summed E-state index contributed by atoms with van der Waals surface area (Å²) in [7, 11) is -3.78. The Bertz CT molecular complexity index is 1190. The molecule has 2 N–H and O–H groups in total. The molecule has 0 aromatic heterocycles. The lowest BCUT2D eigenvalue weighted by Crippen LogP contribution is -2.31. The van der Waals surface area contributed by atoms with Gasteiger partial charge in [0.2, 0.25) is 10.0 Å². The van der Waals surface area contributed by atoms with Gasteiger partial charge in [-0.2, -0.15) is 0 Å². The van der Waals surface area contributed by atoms with Crippen molar-refractivity contribution in [3.63, 3.8) is 0 Å². The van der Waals surface area contributed by atoms with Crippen molar-refractivity contribution < 1.29 is 13.2 Å². The standard InChI is InChI=1S/C24H23ClN2O3S/c25-20-13-11-17(12-14-20)16-26-24(28)19-7-3-8-21(15-19)31(29,30)27-23-10-4-6-18-5-1-2-9-22(18)23/h1-3,5,7-9,11-15,23,27H,4,6,10,16H2,(H,26,28). The lowest BCUT2D eigenvalue weighted by Gasteiger charge is -2.26. The van der Waals surface area contributed by atoms with E-state index >= 15 is 0 Å². The highest BCUT2D eigenvalue weighted by atomic mass is 35.5. The van der Waals surface area contributed by atoms with Crippen LogP contribution in [0.3, 0.4) is 0 Å². The van der Waals surface area contributed by atoms with E-state index in [0.29, 0.717) is 17.1 Å². The third kappa shape index (κ3) is 5.15. The van der Waals surface area contributed by atoms with Gasteiger partial charge in [-0.1, -0.05) is 54.1 Å². The molecule has 0 aliphatic heterocycles. The van der Waals surface area contributed by atoms with Gasteiger partial charge < -0.3 is 5.32 Å². The Hall–Kier alpha value is -2.67. The Morgan fingerprint density at radius 2 is 1.77 bits per heavy atom. The number of amides is 1. The normalized spacial score (nSPS) is 15.8.